The van der Waals surface area contributed by atoms with Crippen molar-refractivity contribution in [1.29, 1.82) is 0 Å². The molecule has 0 saturated heterocycles. The first kappa shape index (κ1) is 12.2. The molecule has 0 aliphatic heterocycles. The fourth-order valence-corrected chi connectivity index (χ4v) is 2.26. The second kappa shape index (κ2) is 4.75. The largest absolute Gasteiger partial charge is 0.481 e. The number of hydrogen-bond donors (Lipinski definition) is 1. The van der Waals surface area contributed by atoms with Crippen LogP contribution in [-0.2, 0) is 4.79 Å². The van der Waals surface area contributed by atoms with Crippen LogP contribution in [0.2, 0.25) is 0 Å². The van der Waals surface area contributed by atoms with Crippen molar-refractivity contribution in [2.45, 2.75) is 39.5 Å². The third-order valence-corrected chi connectivity index (χ3v) is 3.81. The van der Waals surface area contributed by atoms with Gasteiger partial charge in [0.1, 0.15) is 0 Å². The lowest BCUT2D eigenvalue weighted by molar-refractivity contribution is -0.138. The van der Waals surface area contributed by atoms with E-state index >= 15 is 0 Å². The molecule has 3 nitrogen and oxygen atoms in total. The van der Waals surface area contributed by atoms with Crippen molar-refractivity contribution in [2.24, 2.45) is 5.92 Å². The minimum atomic E-state index is -0.816. The summed E-state index contributed by atoms with van der Waals surface area (Å²) >= 11 is 1.56. The number of carboxylic acid groups (broad SMARTS) is 1. The van der Waals surface area contributed by atoms with Crippen molar-refractivity contribution in [3.8, 4) is 0 Å². The molecular weight excluding hydrogens is 210 g/mol. The number of carboxylic acids is 1. The van der Waals surface area contributed by atoms with Crippen molar-refractivity contribution in [1.82, 2.24) is 4.98 Å². The number of aliphatic carboxylic acids is 1. The lowest BCUT2D eigenvalue weighted by atomic mass is 9.99. The maximum Gasteiger partial charge on any atom is 0.312 e. The fourth-order valence-electron chi connectivity index (χ4n) is 1.12. The van der Waals surface area contributed by atoms with Gasteiger partial charge in [-0.3, -0.25) is 4.79 Å². The van der Waals surface area contributed by atoms with Crippen LogP contribution in [0, 0.1) is 5.92 Å². The van der Waals surface area contributed by atoms with Gasteiger partial charge in [0.25, 0.3) is 0 Å². The molecule has 1 unspecified atom stereocenters. The third kappa shape index (κ3) is 2.78. The highest BCUT2D eigenvalue weighted by Crippen LogP contribution is 2.28. The van der Waals surface area contributed by atoms with E-state index < -0.39 is 11.9 Å². The van der Waals surface area contributed by atoms with Gasteiger partial charge >= 0.3 is 5.97 Å². The Morgan fingerprint density at radius 2 is 2.00 bits per heavy atom. The summed E-state index contributed by atoms with van der Waals surface area (Å²) in [6.45, 7) is 8.08. The molecule has 0 aliphatic carbocycles. The first-order valence-electron chi connectivity index (χ1n) is 5.11. The Hall–Kier alpha value is -0.900. The molecule has 84 valence electrons. The van der Waals surface area contributed by atoms with E-state index in [4.69, 9.17) is 5.11 Å². The molecule has 1 N–H and O–H groups in total. The monoisotopic (exact) mass is 227 g/mol. The molecule has 2 atom stereocenters. The maximum absolute atomic E-state index is 10.8. The van der Waals surface area contributed by atoms with Crippen molar-refractivity contribution < 1.29 is 9.90 Å². The highest BCUT2D eigenvalue weighted by Gasteiger charge is 2.20. The Balaban J connectivity index is 2.85. The molecule has 0 aliphatic rings. The van der Waals surface area contributed by atoms with Crippen molar-refractivity contribution >= 4 is 17.3 Å². The van der Waals surface area contributed by atoms with Crippen LogP contribution in [0.1, 0.15) is 50.2 Å². The van der Waals surface area contributed by atoms with E-state index in [1.165, 1.54) is 0 Å². The van der Waals surface area contributed by atoms with Gasteiger partial charge in [-0.1, -0.05) is 20.8 Å². The molecule has 4 heteroatoms. The van der Waals surface area contributed by atoms with Gasteiger partial charge in [0, 0.05) is 11.3 Å². The average molecular weight is 227 g/mol. The number of hydrogen-bond acceptors (Lipinski definition) is 3. The molecule has 0 fully saturated rings. The summed E-state index contributed by atoms with van der Waals surface area (Å²) in [7, 11) is 0. The molecule has 0 radical (unpaired) electrons. The standard InChI is InChI=1S/C11H17NO2S/c1-6(2)7(3)10-12-9(5-15-10)8(4)11(13)14/h5-8H,1-4H3,(H,13,14)/t7-,8?/m0/s1. The van der Waals surface area contributed by atoms with Crippen LogP contribution in [0.5, 0.6) is 0 Å². The van der Waals surface area contributed by atoms with Crippen molar-refractivity contribution in [3.05, 3.63) is 16.1 Å². The molecule has 0 saturated carbocycles. The van der Waals surface area contributed by atoms with Gasteiger partial charge in [0.2, 0.25) is 0 Å². The highest BCUT2D eigenvalue weighted by molar-refractivity contribution is 7.09. The van der Waals surface area contributed by atoms with Crippen LogP contribution in [0.3, 0.4) is 0 Å². The van der Waals surface area contributed by atoms with Crippen molar-refractivity contribution in [3.63, 3.8) is 0 Å². The van der Waals surface area contributed by atoms with E-state index in [0.29, 0.717) is 17.5 Å². The molecule has 1 aromatic heterocycles. The summed E-state index contributed by atoms with van der Waals surface area (Å²) in [5.41, 5.74) is 0.676. The first-order chi connectivity index (χ1) is 6.93. The molecule has 0 bridgehead atoms. The molecule has 15 heavy (non-hydrogen) atoms. The lowest BCUT2D eigenvalue weighted by Gasteiger charge is -2.11. The summed E-state index contributed by atoms with van der Waals surface area (Å²) in [6.07, 6.45) is 0. The predicted octanol–water partition coefficient (Wildman–Crippen LogP) is 3.09. The number of rotatable bonds is 4. The summed E-state index contributed by atoms with van der Waals surface area (Å²) in [4.78, 5) is 15.2. The van der Waals surface area contributed by atoms with Gasteiger partial charge in [0.05, 0.1) is 16.6 Å². The summed E-state index contributed by atoms with van der Waals surface area (Å²) in [5.74, 6) is -0.396. The summed E-state index contributed by atoms with van der Waals surface area (Å²) in [5, 5.41) is 11.7. The van der Waals surface area contributed by atoms with Gasteiger partial charge < -0.3 is 5.11 Å². The van der Waals surface area contributed by atoms with Gasteiger partial charge in [-0.2, -0.15) is 0 Å². The maximum atomic E-state index is 10.8. The van der Waals surface area contributed by atoms with Crippen LogP contribution in [0.25, 0.3) is 0 Å². The van der Waals surface area contributed by atoms with E-state index in [2.05, 4.69) is 25.8 Å². The van der Waals surface area contributed by atoms with E-state index in [9.17, 15) is 4.79 Å². The third-order valence-electron chi connectivity index (χ3n) is 2.74. The Morgan fingerprint density at radius 3 is 2.47 bits per heavy atom. The molecule has 1 aromatic rings. The quantitative estimate of drug-likeness (QED) is 0.860. The molecular formula is C11H17NO2S. The zero-order chi connectivity index (χ0) is 11.6. The normalized spacial score (nSPS) is 15.3. The van der Waals surface area contributed by atoms with Crippen LogP contribution in [0.15, 0.2) is 5.38 Å². The SMILES string of the molecule is CC(C(=O)O)c1csc([C@@H](C)C(C)C)n1. The zero-order valence-corrected chi connectivity index (χ0v) is 10.3. The second-order valence-corrected chi connectivity index (χ2v) is 5.09. The minimum absolute atomic E-state index is 0.393. The van der Waals surface area contributed by atoms with Crippen LogP contribution >= 0.6 is 11.3 Å². The lowest BCUT2D eigenvalue weighted by Crippen LogP contribution is -2.08. The van der Waals surface area contributed by atoms with Gasteiger partial charge in [-0.05, 0) is 12.8 Å². The Labute approximate surface area is 94.2 Å². The molecule has 0 amide bonds. The Kier molecular flexibility index (Phi) is 3.85. The van der Waals surface area contributed by atoms with Crippen LogP contribution in [0.4, 0.5) is 0 Å². The fraction of sp³-hybridized carbons (Fsp3) is 0.636. The number of carbonyl (C=O) groups is 1. The molecule has 0 spiro atoms. The van der Waals surface area contributed by atoms with E-state index in [1.807, 2.05) is 5.38 Å². The average Bonchev–Trinajstić information content (AvgIpc) is 2.63. The van der Waals surface area contributed by atoms with E-state index in [0.717, 1.165) is 5.01 Å². The second-order valence-electron chi connectivity index (χ2n) is 4.20. The van der Waals surface area contributed by atoms with Gasteiger partial charge in [0.15, 0.2) is 0 Å². The van der Waals surface area contributed by atoms with Crippen LogP contribution < -0.4 is 0 Å². The van der Waals surface area contributed by atoms with E-state index in [1.54, 1.807) is 18.3 Å². The summed E-state index contributed by atoms with van der Waals surface area (Å²) < 4.78 is 0. The smallest absolute Gasteiger partial charge is 0.312 e. The molecule has 1 heterocycles. The predicted molar refractivity (Wildman–Crippen MR) is 61.4 cm³/mol. The number of thiazole rings is 1. The zero-order valence-electron chi connectivity index (χ0n) is 9.52. The topological polar surface area (TPSA) is 50.2 Å². The van der Waals surface area contributed by atoms with E-state index in [-0.39, 0.29) is 0 Å². The van der Waals surface area contributed by atoms with Crippen LogP contribution in [-0.4, -0.2) is 16.1 Å². The Morgan fingerprint density at radius 1 is 1.40 bits per heavy atom. The summed E-state index contributed by atoms with van der Waals surface area (Å²) in [6, 6.07) is 0. The molecule has 1 rings (SSSR count). The number of aromatic nitrogens is 1. The first-order valence-corrected chi connectivity index (χ1v) is 5.99. The Bertz CT molecular complexity index is 346. The van der Waals surface area contributed by atoms with Gasteiger partial charge in [-0.15, -0.1) is 11.3 Å². The minimum Gasteiger partial charge on any atom is -0.481 e. The highest BCUT2D eigenvalue weighted by atomic mass is 32.1. The number of nitrogens with zero attached hydrogens (tertiary/aromatic N) is 1. The molecule has 0 aromatic carbocycles. The van der Waals surface area contributed by atoms with Gasteiger partial charge in [-0.25, -0.2) is 4.98 Å². The van der Waals surface area contributed by atoms with Crippen molar-refractivity contribution in [2.75, 3.05) is 0 Å².